The van der Waals surface area contributed by atoms with E-state index in [1.807, 2.05) is 243 Å². The van der Waals surface area contributed by atoms with Crippen molar-refractivity contribution in [3.8, 4) is 147 Å². The Labute approximate surface area is 769 Å². The van der Waals surface area contributed by atoms with Crippen molar-refractivity contribution in [3.05, 3.63) is 468 Å². The van der Waals surface area contributed by atoms with E-state index in [0.29, 0.717) is 40.6 Å². The molecule has 0 unspecified atom stereocenters. The minimum atomic E-state index is 0.556. The molecule has 26 rings (SSSR count). The van der Waals surface area contributed by atoms with Crippen molar-refractivity contribution < 1.29 is 0 Å². The summed E-state index contributed by atoms with van der Waals surface area (Å²) in [5, 5.41) is 29.7. The summed E-state index contributed by atoms with van der Waals surface area (Å²) in [6.45, 7) is 0. The van der Waals surface area contributed by atoms with Crippen LogP contribution in [0.3, 0.4) is 0 Å². The number of para-hydroxylation sites is 1. The molecule has 0 fully saturated rings. The third-order valence-corrected chi connectivity index (χ3v) is 23.7. The normalized spacial score (nSPS) is 11.3. The van der Waals surface area contributed by atoms with Crippen molar-refractivity contribution in [2.45, 2.75) is 0 Å². The summed E-state index contributed by atoms with van der Waals surface area (Å²) in [5.74, 6) is 3.82. The summed E-state index contributed by atoms with van der Waals surface area (Å²) in [6, 6.07) is 150. The first-order chi connectivity index (χ1) is 66.3. The predicted molar refractivity (Wildman–Crippen MR) is 539 cm³/mol. The topological polar surface area (TPSA) is 185 Å². The number of nitrogens with zero attached hydrogens (tertiary/aromatic N) is 17. The maximum atomic E-state index is 5.02. The number of aromatic nitrogens is 17. The first-order valence-electron chi connectivity index (χ1n) is 44.2. The zero-order valence-electron chi connectivity index (χ0n) is 72.1. The molecule has 0 aliphatic carbocycles. The molecule has 134 heavy (non-hydrogen) atoms. The lowest BCUT2D eigenvalue weighted by Gasteiger charge is -2.09. The first kappa shape index (κ1) is 80.0. The number of fused-ring (bicyclic) bond motifs is 9. The molecule has 0 amide bonds. The SMILES string of the molecule is c1ccc(-c2cc(-c3cc4cc5ccccc5cn4n3)nc(-c3ccccc3)n2)cc1.c1ccc(-c2ccc(-c3cc(-c4cc5cc6ccccc6cn5n4)nc(-c4ccccc4)n3)cc2)cc1.c1ccc(-c2ccc(-c3nc(-c4cc5cc6ccccc6cn5n4)nc4ccccc34)cc2)cc1.c1ccc(-c2nc(-c3ccccc3)nc(-c3cc4cc5ccccc5cn4n3)n2)cc1. The minimum Gasteiger partial charge on any atom is -0.240 e. The van der Waals surface area contributed by atoms with E-state index in [2.05, 4.69) is 243 Å². The molecule has 0 bridgehead atoms. The van der Waals surface area contributed by atoms with Gasteiger partial charge in [0.25, 0.3) is 0 Å². The highest BCUT2D eigenvalue weighted by molar-refractivity contribution is 5.95. The highest BCUT2D eigenvalue weighted by Crippen LogP contribution is 2.37. The molecule has 0 atom stereocenters. The Morgan fingerprint density at radius 1 is 0.142 bits per heavy atom. The fourth-order valence-corrected chi connectivity index (χ4v) is 16.9. The van der Waals surface area contributed by atoms with E-state index in [9.17, 15) is 0 Å². The lowest BCUT2D eigenvalue weighted by molar-refractivity contribution is 0.957. The van der Waals surface area contributed by atoms with E-state index in [0.717, 1.165) is 139 Å². The molecule has 26 aromatic rings. The van der Waals surface area contributed by atoms with Crippen LogP contribution >= 0.6 is 0 Å². The van der Waals surface area contributed by atoms with Gasteiger partial charge in [-0.3, -0.25) is 0 Å². The summed E-state index contributed by atoms with van der Waals surface area (Å²) < 4.78 is 7.64. The molecule has 14 aromatic carbocycles. The second kappa shape index (κ2) is 35.6. The number of rotatable bonds is 13. The smallest absolute Gasteiger partial charge is 0.184 e. The van der Waals surface area contributed by atoms with Gasteiger partial charge in [0.1, 0.15) is 22.8 Å². The molecule has 17 nitrogen and oxygen atoms in total. The van der Waals surface area contributed by atoms with Crippen molar-refractivity contribution in [2.24, 2.45) is 0 Å². The second-order valence-electron chi connectivity index (χ2n) is 32.6. The van der Waals surface area contributed by atoms with Gasteiger partial charge in [-0.15, -0.1) is 0 Å². The van der Waals surface area contributed by atoms with Crippen molar-refractivity contribution in [3.63, 3.8) is 0 Å². The highest BCUT2D eigenvalue weighted by Gasteiger charge is 2.21. The van der Waals surface area contributed by atoms with Gasteiger partial charge in [0, 0.05) is 90.7 Å². The standard InChI is InChI=1S/C33H22N4.C31H20N4.C27H18N4.C26H17N5/c1-3-9-23(10-4-1)24-15-17-25(18-16-24)30-21-31(35-33(34-30)26-11-5-2-6-12-26)32-20-29-19-27-13-7-8-14-28(27)22-37(29)36-32;1-2-8-21(9-3-1)22-14-16-23(17-15-22)30-27-12-6-7-13-28(27)32-31(33-30)29-19-26-18-24-10-4-5-11-25(24)20-35(26)34-29;1-3-9-19(10-4-1)24-17-25(29-27(28-24)20-11-5-2-6-12-20)26-16-23-15-21-13-7-8-14-22(21)18-31(23)30-26;1-3-9-18(10-4-1)24-27-25(19-11-5-2-6-12-19)29-26(28-24)23-16-22-15-20-13-7-8-14-21(20)17-31(22)30-23/h1-22H;1-20H;1-18H;1-17H. The molecule has 0 aliphatic rings. The van der Waals surface area contributed by atoms with Crippen LogP contribution in [0.5, 0.6) is 0 Å². The molecule has 0 radical (unpaired) electrons. The number of benzene rings is 14. The molecule has 0 N–H and O–H groups in total. The summed E-state index contributed by atoms with van der Waals surface area (Å²) in [6.07, 6.45) is 8.21. The van der Waals surface area contributed by atoms with Gasteiger partial charge in [0.05, 0.1) is 56.1 Å². The number of hydrogen-bond donors (Lipinski definition) is 0. The van der Waals surface area contributed by atoms with Crippen LogP contribution in [0, 0.1) is 0 Å². The predicted octanol–water partition coefficient (Wildman–Crippen LogP) is 27.3. The van der Waals surface area contributed by atoms with E-state index >= 15 is 0 Å². The van der Waals surface area contributed by atoms with E-state index in [4.69, 9.17) is 65.3 Å². The number of pyridine rings is 4. The molecule has 17 heteroatoms. The Morgan fingerprint density at radius 3 is 0.754 bits per heavy atom. The molecule has 0 aliphatic heterocycles. The Hall–Kier alpha value is -18.6. The molecule has 12 heterocycles. The second-order valence-corrected chi connectivity index (χ2v) is 32.6. The third kappa shape index (κ3) is 16.8. The Balaban J connectivity index is 0.000000101. The van der Waals surface area contributed by atoms with Crippen LogP contribution in [0.4, 0.5) is 0 Å². The van der Waals surface area contributed by atoms with E-state index < -0.39 is 0 Å². The molecule has 0 saturated heterocycles. The molecule has 630 valence electrons. The van der Waals surface area contributed by atoms with Crippen LogP contribution in [0.25, 0.3) is 223 Å². The quantitative estimate of drug-likeness (QED) is 0.106. The average Bonchev–Trinajstić information content (AvgIpc) is 1.73. The van der Waals surface area contributed by atoms with Gasteiger partial charge >= 0.3 is 0 Å². The highest BCUT2D eigenvalue weighted by atomic mass is 15.2. The van der Waals surface area contributed by atoms with Crippen LogP contribution in [0.15, 0.2) is 468 Å². The third-order valence-electron chi connectivity index (χ3n) is 23.7. The van der Waals surface area contributed by atoms with Crippen LogP contribution in [0.2, 0.25) is 0 Å². The molecule has 12 aromatic heterocycles. The van der Waals surface area contributed by atoms with Crippen LogP contribution < -0.4 is 0 Å². The van der Waals surface area contributed by atoms with Crippen molar-refractivity contribution in [1.29, 1.82) is 0 Å². The summed E-state index contributed by atoms with van der Waals surface area (Å²) in [7, 11) is 0. The van der Waals surface area contributed by atoms with Gasteiger partial charge in [-0.25, -0.2) is 62.9 Å². The zero-order chi connectivity index (χ0) is 89.0. The van der Waals surface area contributed by atoms with E-state index in [1.165, 1.54) is 43.8 Å². The summed E-state index contributed by atoms with van der Waals surface area (Å²) in [5.41, 5.74) is 24.1. The van der Waals surface area contributed by atoms with Gasteiger partial charge < -0.3 is 0 Å². The lowest BCUT2D eigenvalue weighted by atomic mass is 10.0. The van der Waals surface area contributed by atoms with Gasteiger partial charge in [0.2, 0.25) is 0 Å². The van der Waals surface area contributed by atoms with Crippen LogP contribution in [-0.2, 0) is 0 Å². The van der Waals surface area contributed by atoms with E-state index in [-0.39, 0.29) is 0 Å². The number of hydrogen-bond acceptors (Lipinski definition) is 13. The molecular weight excluding hydrogens is 1640 g/mol. The van der Waals surface area contributed by atoms with Gasteiger partial charge in [0.15, 0.2) is 34.9 Å². The summed E-state index contributed by atoms with van der Waals surface area (Å²) >= 11 is 0. The Kier molecular flexibility index (Phi) is 21.2. The fraction of sp³-hybridized carbons (Fsp3) is 0. The maximum Gasteiger partial charge on any atom is 0.184 e. The molecular formula is C117H77N17. The monoisotopic (exact) mass is 1720 g/mol. The van der Waals surface area contributed by atoms with Crippen LogP contribution in [-0.4, -0.2) is 83.3 Å². The van der Waals surface area contributed by atoms with Crippen molar-refractivity contribution in [1.82, 2.24) is 83.3 Å². The largest absolute Gasteiger partial charge is 0.240 e. The maximum absolute atomic E-state index is 5.02. The summed E-state index contributed by atoms with van der Waals surface area (Å²) in [4.78, 5) is 43.8. The van der Waals surface area contributed by atoms with Gasteiger partial charge in [-0.2, -0.15) is 20.4 Å². The fourth-order valence-electron chi connectivity index (χ4n) is 16.9. The van der Waals surface area contributed by atoms with E-state index in [1.54, 1.807) is 0 Å². The Morgan fingerprint density at radius 2 is 0.388 bits per heavy atom. The van der Waals surface area contributed by atoms with Gasteiger partial charge in [-0.1, -0.05) is 376 Å². The molecule has 0 saturated carbocycles. The van der Waals surface area contributed by atoms with Crippen LogP contribution in [0.1, 0.15) is 0 Å². The van der Waals surface area contributed by atoms with Crippen molar-refractivity contribution >= 4 is 76.1 Å². The Bertz CT molecular complexity index is 8220. The van der Waals surface area contributed by atoms with Crippen molar-refractivity contribution in [2.75, 3.05) is 0 Å². The first-order valence-corrected chi connectivity index (χ1v) is 44.2. The van der Waals surface area contributed by atoms with Gasteiger partial charge in [-0.05, 0) is 111 Å². The molecule has 0 spiro atoms. The minimum absolute atomic E-state index is 0.556. The zero-order valence-corrected chi connectivity index (χ0v) is 72.1. The average molecular weight is 1720 g/mol. The lowest BCUT2D eigenvalue weighted by Crippen LogP contribution is -2.00.